The van der Waals surface area contributed by atoms with E-state index in [1.807, 2.05) is 20.1 Å². The van der Waals surface area contributed by atoms with Gasteiger partial charge in [-0.25, -0.2) is 0 Å². The highest BCUT2D eigenvalue weighted by Gasteiger charge is 2.26. The highest BCUT2D eigenvalue weighted by atomic mass is 32.2. The lowest BCUT2D eigenvalue weighted by atomic mass is 10.0. The number of carbonyl (C=O) groups is 3. The molecule has 5 N–H and O–H groups in total. The summed E-state index contributed by atoms with van der Waals surface area (Å²) in [5.74, 6) is -1.09. The summed E-state index contributed by atoms with van der Waals surface area (Å²) in [5, 5.41) is 13.8. The number of hydrogen-bond donors (Lipinski definition) is 4. The first kappa shape index (κ1) is 20.7. The van der Waals surface area contributed by atoms with Crippen LogP contribution >= 0.6 is 11.8 Å². The van der Waals surface area contributed by atoms with Crippen molar-refractivity contribution in [3.63, 3.8) is 0 Å². The Labute approximate surface area is 135 Å². The second-order valence-electron chi connectivity index (χ2n) is 5.65. The van der Waals surface area contributed by atoms with Gasteiger partial charge in [-0.3, -0.25) is 14.4 Å². The molecular weight excluding hydrogens is 306 g/mol. The normalized spacial score (nSPS) is 15.0. The SMILES string of the molecule is CSCCC(NC(=O)C(N)CC(C)C)C(=O)NC(C)C(=O)O. The number of aliphatic carboxylic acids is 1. The predicted molar refractivity (Wildman–Crippen MR) is 87.6 cm³/mol. The van der Waals surface area contributed by atoms with E-state index in [2.05, 4.69) is 10.6 Å². The molecule has 0 fully saturated rings. The lowest BCUT2D eigenvalue weighted by Crippen LogP contribution is -2.54. The van der Waals surface area contributed by atoms with E-state index in [0.29, 0.717) is 18.6 Å². The van der Waals surface area contributed by atoms with E-state index < -0.39 is 35.9 Å². The smallest absolute Gasteiger partial charge is 0.325 e. The Morgan fingerprint density at radius 3 is 2.18 bits per heavy atom. The monoisotopic (exact) mass is 333 g/mol. The number of carbonyl (C=O) groups excluding carboxylic acids is 2. The molecule has 128 valence electrons. The van der Waals surface area contributed by atoms with Crippen LogP contribution in [0.5, 0.6) is 0 Å². The van der Waals surface area contributed by atoms with E-state index in [4.69, 9.17) is 10.8 Å². The van der Waals surface area contributed by atoms with E-state index in [1.165, 1.54) is 18.7 Å². The Balaban J connectivity index is 4.71. The molecule has 0 aliphatic rings. The maximum Gasteiger partial charge on any atom is 0.325 e. The minimum absolute atomic E-state index is 0.270. The molecule has 0 aromatic heterocycles. The summed E-state index contributed by atoms with van der Waals surface area (Å²) in [7, 11) is 0. The van der Waals surface area contributed by atoms with Crippen molar-refractivity contribution in [1.82, 2.24) is 10.6 Å². The summed E-state index contributed by atoms with van der Waals surface area (Å²) in [6.45, 7) is 5.29. The third kappa shape index (κ3) is 8.23. The van der Waals surface area contributed by atoms with Crippen LogP contribution in [0.15, 0.2) is 0 Å². The van der Waals surface area contributed by atoms with Gasteiger partial charge in [0.25, 0.3) is 0 Å². The predicted octanol–water partition coefficient (Wildman–Crippen LogP) is 0.187. The maximum atomic E-state index is 12.1. The van der Waals surface area contributed by atoms with Crippen LogP contribution in [0.25, 0.3) is 0 Å². The van der Waals surface area contributed by atoms with Crippen molar-refractivity contribution in [1.29, 1.82) is 0 Å². The number of amides is 2. The van der Waals surface area contributed by atoms with Gasteiger partial charge in [0.2, 0.25) is 11.8 Å². The number of nitrogens with one attached hydrogen (secondary N) is 2. The average Bonchev–Trinajstić information content (AvgIpc) is 2.41. The molecule has 0 heterocycles. The first-order valence-corrected chi connectivity index (χ1v) is 8.66. The van der Waals surface area contributed by atoms with Crippen LogP contribution in [0.3, 0.4) is 0 Å². The van der Waals surface area contributed by atoms with Gasteiger partial charge >= 0.3 is 5.97 Å². The lowest BCUT2D eigenvalue weighted by Gasteiger charge is -2.22. The van der Waals surface area contributed by atoms with Gasteiger partial charge in [-0.15, -0.1) is 0 Å². The zero-order chi connectivity index (χ0) is 17.3. The second-order valence-corrected chi connectivity index (χ2v) is 6.63. The Kier molecular flexibility index (Phi) is 9.84. The number of nitrogens with two attached hydrogens (primary N) is 1. The van der Waals surface area contributed by atoms with Crippen LogP contribution in [0, 0.1) is 5.92 Å². The first-order chi connectivity index (χ1) is 10.2. The summed E-state index contributed by atoms with van der Waals surface area (Å²) in [4.78, 5) is 34.9. The van der Waals surface area contributed by atoms with E-state index in [1.54, 1.807) is 0 Å². The third-order valence-corrected chi connectivity index (χ3v) is 3.68. The molecule has 0 bridgehead atoms. The first-order valence-electron chi connectivity index (χ1n) is 7.27. The van der Waals surface area contributed by atoms with Gasteiger partial charge in [-0.1, -0.05) is 13.8 Å². The van der Waals surface area contributed by atoms with Crippen molar-refractivity contribution in [2.45, 2.75) is 51.7 Å². The van der Waals surface area contributed by atoms with E-state index >= 15 is 0 Å². The maximum absolute atomic E-state index is 12.1. The standard InChI is InChI=1S/C14H27N3O4S/c1-8(2)7-10(15)12(18)17-11(5-6-22-4)13(19)16-9(3)14(20)21/h8-11H,5-7,15H2,1-4H3,(H,16,19)(H,17,18)(H,20,21). The molecule has 0 aliphatic carbocycles. The van der Waals surface area contributed by atoms with Crippen molar-refractivity contribution in [2.24, 2.45) is 11.7 Å². The molecule has 2 amide bonds. The van der Waals surface area contributed by atoms with E-state index in [-0.39, 0.29) is 5.92 Å². The Hall–Kier alpha value is -1.28. The topological polar surface area (TPSA) is 122 Å². The molecule has 0 spiro atoms. The molecule has 0 rings (SSSR count). The van der Waals surface area contributed by atoms with Crippen LogP contribution < -0.4 is 16.4 Å². The minimum atomic E-state index is -1.13. The van der Waals surface area contributed by atoms with Crippen LogP contribution in [0.4, 0.5) is 0 Å². The van der Waals surface area contributed by atoms with Crippen molar-refractivity contribution in [2.75, 3.05) is 12.0 Å². The summed E-state index contributed by atoms with van der Waals surface area (Å²) < 4.78 is 0. The molecule has 8 heteroatoms. The van der Waals surface area contributed by atoms with Gasteiger partial charge in [0, 0.05) is 0 Å². The van der Waals surface area contributed by atoms with Crippen molar-refractivity contribution < 1.29 is 19.5 Å². The second kappa shape index (κ2) is 10.4. The molecule has 0 aromatic rings. The Morgan fingerprint density at radius 2 is 1.73 bits per heavy atom. The molecule has 7 nitrogen and oxygen atoms in total. The number of rotatable bonds is 10. The molecule has 0 aromatic carbocycles. The zero-order valence-electron chi connectivity index (χ0n) is 13.6. The third-order valence-electron chi connectivity index (χ3n) is 3.03. The Bertz CT molecular complexity index is 390. The van der Waals surface area contributed by atoms with Crippen LogP contribution in [0.2, 0.25) is 0 Å². The van der Waals surface area contributed by atoms with Gasteiger partial charge in [-0.05, 0) is 37.7 Å². The number of thioether (sulfide) groups is 1. The quantitative estimate of drug-likeness (QED) is 0.453. The fraction of sp³-hybridized carbons (Fsp3) is 0.786. The van der Waals surface area contributed by atoms with Crippen LogP contribution in [-0.2, 0) is 14.4 Å². The summed E-state index contributed by atoms with van der Waals surface area (Å²) in [6, 6.07) is -2.47. The van der Waals surface area contributed by atoms with Crippen molar-refractivity contribution >= 4 is 29.5 Å². The molecule has 0 saturated heterocycles. The van der Waals surface area contributed by atoms with E-state index in [9.17, 15) is 14.4 Å². The number of carboxylic acid groups (broad SMARTS) is 1. The van der Waals surface area contributed by atoms with Gasteiger partial charge in [0.1, 0.15) is 12.1 Å². The molecule has 0 radical (unpaired) electrons. The minimum Gasteiger partial charge on any atom is -0.480 e. The number of carboxylic acids is 1. The lowest BCUT2D eigenvalue weighted by molar-refractivity contribution is -0.141. The highest BCUT2D eigenvalue weighted by Crippen LogP contribution is 2.05. The zero-order valence-corrected chi connectivity index (χ0v) is 14.4. The van der Waals surface area contributed by atoms with Gasteiger partial charge in [0.15, 0.2) is 0 Å². The average molecular weight is 333 g/mol. The molecule has 3 atom stereocenters. The van der Waals surface area contributed by atoms with Gasteiger partial charge in [-0.2, -0.15) is 11.8 Å². The Morgan fingerprint density at radius 1 is 1.14 bits per heavy atom. The fourth-order valence-corrected chi connectivity index (χ4v) is 2.25. The molecule has 0 saturated carbocycles. The fourth-order valence-electron chi connectivity index (χ4n) is 1.77. The molecule has 0 aliphatic heterocycles. The molecule has 3 unspecified atom stereocenters. The van der Waals surface area contributed by atoms with Crippen LogP contribution in [0.1, 0.15) is 33.6 Å². The largest absolute Gasteiger partial charge is 0.480 e. The van der Waals surface area contributed by atoms with Gasteiger partial charge < -0.3 is 21.5 Å². The highest BCUT2D eigenvalue weighted by molar-refractivity contribution is 7.98. The van der Waals surface area contributed by atoms with Crippen LogP contribution in [-0.4, -0.2) is 53.0 Å². The number of hydrogen-bond acceptors (Lipinski definition) is 5. The summed E-state index contributed by atoms with van der Waals surface area (Å²) in [5.41, 5.74) is 5.80. The molecule has 22 heavy (non-hydrogen) atoms. The summed E-state index contributed by atoms with van der Waals surface area (Å²) in [6.07, 6.45) is 2.83. The van der Waals surface area contributed by atoms with Crippen molar-refractivity contribution in [3.05, 3.63) is 0 Å². The van der Waals surface area contributed by atoms with Gasteiger partial charge in [0.05, 0.1) is 6.04 Å². The van der Waals surface area contributed by atoms with Crippen molar-refractivity contribution in [3.8, 4) is 0 Å². The van der Waals surface area contributed by atoms with E-state index in [0.717, 1.165) is 0 Å². The summed E-state index contributed by atoms with van der Waals surface area (Å²) >= 11 is 1.54. The molecular formula is C14H27N3O4S.